The van der Waals surface area contributed by atoms with Crippen molar-refractivity contribution in [3.63, 3.8) is 0 Å². The van der Waals surface area contributed by atoms with Gasteiger partial charge < -0.3 is 4.90 Å². The summed E-state index contributed by atoms with van der Waals surface area (Å²) in [7, 11) is 0. The van der Waals surface area contributed by atoms with E-state index in [4.69, 9.17) is 4.98 Å². The van der Waals surface area contributed by atoms with E-state index < -0.39 is 0 Å². The van der Waals surface area contributed by atoms with E-state index in [9.17, 15) is 10.1 Å². The molecule has 4 aromatic rings. The Morgan fingerprint density at radius 2 is 1.88 bits per heavy atom. The third-order valence-corrected chi connectivity index (χ3v) is 6.53. The van der Waals surface area contributed by atoms with Crippen LogP contribution in [-0.4, -0.2) is 22.0 Å². The first kappa shape index (κ1) is 21.0. The molecule has 1 aliphatic rings. The Morgan fingerprint density at radius 3 is 2.61 bits per heavy atom. The maximum absolute atomic E-state index is 12.5. The van der Waals surface area contributed by atoms with E-state index in [0.717, 1.165) is 70.7 Å². The van der Waals surface area contributed by atoms with Crippen LogP contribution in [0.4, 0.5) is 5.69 Å². The fraction of sp³-hybridized carbons (Fsp3) is 0.250. The summed E-state index contributed by atoms with van der Waals surface area (Å²) in [4.78, 5) is 19.3. The molecule has 0 N–H and O–H groups in total. The average Bonchev–Trinajstić information content (AvgIpc) is 3.22. The van der Waals surface area contributed by atoms with Crippen molar-refractivity contribution >= 4 is 22.6 Å². The van der Waals surface area contributed by atoms with Crippen molar-refractivity contribution < 1.29 is 4.79 Å². The number of hydrogen-bond donors (Lipinski definition) is 0. The standard InChI is InChI=1S/C28H26N4O/c1-3-27-30-24-14-12-21(31-16-8-7-11-28(31)33)17-26(24)32(27)25-15-13-22(23(18-29)19(25)2)20-9-5-4-6-10-20/h4-6,9-10,12-15,17H,3,7-8,11,16H2,1-2H3. The Labute approximate surface area is 193 Å². The van der Waals surface area contributed by atoms with Gasteiger partial charge in [0.25, 0.3) is 0 Å². The van der Waals surface area contributed by atoms with Crippen LogP contribution in [0.15, 0.2) is 60.7 Å². The summed E-state index contributed by atoms with van der Waals surface area (Å²) in [5, 5.41) is 10.0. The average molecular weight is 435 g/mol. The molecule has 0 saturated carbocycles. The molecule has 33 heavy (non-hydrogen) atoms. The Bertz CT molecular complexity index is 1400. The van der Waals surface area contributed by atoms with E-state index in [2.05, 4.69) is 29.7 Å². The molecule has 3 aromatic carbocycles. The largest absolute Gasteiger partial charge is 0.312 e. The van der Waals surface area contributed by atoms with Gasteiger partial charge in [-0.2, -0.15) is 5.26 Å². The number of piperidine rings is 1. The minimum Gasteiger partial charge on any atom is -0.312 e. The van der Waals surface area contributed by atoms with Crippen molar-refractivity contribution in [2.24, 2.45) is 0 Å². The number of benzene rings is 3. The van der Waals surface area contributed by atoms with Gasteiger partial charge in [0, 0.05) is 25.1 Å². The second kappa shape index (κ2) is 8.55. The van der Waals surface area contributed by atoms with Crippen LogP contribution >= 0.6 is 0 Å². The number of amides is 1. The van der Waals surface area contributed by atoms with Crippen molar-refractivity contribution in [2.45, 2.75) is 39.5 Å². The monoisotopic (exact) mass is 434 g/mol. The summed E-state index contributed by atoms with van der Waals surface area (Å²) in [5.74, 6) is 1.11. The Morgan fingerprint density at radius 1 is 1.06 bits per heavy atom. The lowest BCUT2D eigenvalue weighted by Crippen LogP contribution is -2.35. The third-order valence-electron chi connectivity index (χ3n) is 6.53. The Hall–Kier alpha value is -3.91. The number of aromatic nitrogens is 2. The van der Waals surface area contributed by atoms with Gasteiger partial charge in [-0.25, -0.2) is 4.98 Å². The van der Waals surface area contributed by atoms with Crippen LogP contribution in [0.25, 0.3) is 27.8 Å². The van der Waals surface area contributed by atoms with Crippen molar-refractivity contribution in [3.05, 3.63) is 77.6 Å². The molecule has 5 rings (SSSR count). The number of carbonyl (C=O) groups is 1. The molecule has 1 amide bonds. The predicted molar refractivity (Wildman–Crippen MR) is 132 cm³/mol. The van der Waals surface area contributed by atoms with Crippen molar-refractivity contribution in [2.75, 3.05) is 11.4 Å². The van der Waals surface area contributed by atoms with Crippen LogP contribution in [0.5, 0.6) is 0 Å². The summed E-state index contributed by atoms with van der Waals surface area (Å²) in [6.07, 6.45) is 3.34. The maximum atomic E-state index is 12.5. The zero-order valence-corrected chi connectivity index (χ0v) is 19.0. The molecule has 0 atom stereocenters. The number of fused-ring (bicyclic) bond motifs is 1. The van der Waals surface area contributed by atoms with Crippen LogP contribution < -0.4 is 4.90 Å². The zero-order chi connectivity index (χ0) is 22.9. The minimum atomic E-state index is 0.178. The molecule has 5 nitrogen and oxygen atoms in total. The Balaban J connectivity index is 1.70. The van der Waals surface area contributed by atoms with E-state index in [1.54, 1.807) is 0 Å². The molecule has 1 fully saturated rings. The summed E-state index contributed by atoms with van der Waals surface area (Å²) < 4.78 is 2.15. The lowest BCUT2D eigenvalue weighted by Gasteiger charge is -2.27. The number of imidazole rings is 1. The van der Waals surface area contributed by atoms with Gasteiger partial charge in [-0.3, -0.25) is 9.36 Å². The van der Waals surface area contributed by atoms with E-state index >= 15 is 0 Å². The van der Waals surface area contributed by atoms with Gasteiger partial charge in [-0.05, 0) is 60.7 Å². The number of carbonyl (C=O) groups excluding carboxylic acids is 1. The number of anilines is 1. The lowest BCUT2D eigenvalue weighted by molar-refractivity contribution is -0.119. The van der Waals surface area contributed by atoms with Gasteiger partial charge in [0.1, 0.15) is 11.9 Å². The fourth-order valence-electron chi connectivity index (χ4n) is 4.81. The number of rotatable bonds is 4. The van der Waals surface area contributed by atoms with E-state index in [1.165, 1.54) is 0 Å². The SMILES string of the molecule is CCc1nc2ccc(N3CCCCC3=O)cc2n1-c1ccc(-c2ccccc2)c(C#N)c1C. The van der Waals surface area contributed by atoms with Crippen LogP contribution in [0.1, 0.15) is 43.1 Å². The van der Waals surface area contributed by atoms with Crippen LogP contribution in [0, 0.1) is 18.3 Å². The van der Waals surface area contributed by atoms with Gasteiger partial charge in [-0.1, -0.05) is 43.3 Å². The minimum absolute atomic E-state index is 0.178. The first-order chi connectivity index (χ1) is 16.1. The van der Waals surface area contributed by atoms with Gasteiger partial charge in [0.15, 0.2) is 0 Å². The second-order valence-electron chi connectivity index (χ2n) is 8.50. The highest BCUT2D eigenvalue weighted by Crippen LogP contribution is 2.33. The first-order valence-corrected chi connectivity index (χ1v) is 11.5. The van der Waals surface area contributed by atoms with Crippen LogP contribution in [-0.2, 0) is 11.2 Å². The summed E-state index contributed by atoms with van der Waals surface area (Å²) >= 11 is 0. The van der Waals surface area contributed by atoms with E-state index in [0.29, 0.717) is 12.0 Å². The molecule has 0 bridgehead atoms. The topological polar surface area (TPSA) is 61.9 Å². The molecular weight excluding hydrogens is 408 g/mol. The highest BCUT2D eigenvalue weighted by molar-refractivity contribution is 5.96. The zero-order valence-electron chi connectivity index (χ0n) is 19.0. The molecule has 0 unspecified atom stereocenters. The number of aryl methyl sites for hydroxylation is 1. The molecule has 1 aromatic heterocycles. The highest BCUT2D eigenvalue weighted by Gasteiger charge is 2.22. The number of nitriles is 1. The maximum Gasteiger partial charge on any atom is 0.226 e. The molecule has 0 radical (unpaired) electrons. The van der Waals surface area contributed by atoms with E-state index in [-0.39, 0.29) is 5.91 Å². The summed E-state index contributed by atoms with van der Waals surface area (Å²) in [5.41, 5.74) is 7.27. The molecule has 1 aliphatic heterocycles. The summed E-state index contributed by atoms with van der Waals surface area (Å²) in [6, 6.07) is 22.6. The van der Waals surface area contributed by atoms with Gasteiger partial charge in [0.05, 0.1) is 22.3 Å². The van der Waals surface area contributed by atoms with Crippen molar-refractivity contribution in [1.29, 1.82) is 5.26 Å². The van der Waals surface area contributed by atoms with Gasteiger partial charge >= 0.3 is 0 Å². The van der Waals surface area contributed by atoms with Gasteiger partial charge in [0.2, 0.25) is 5.91 Å². The number of nitrogens with zero attached hydrogens (tertiary/aromatic N) is 4. The molecule has 0 aliphatic carbocycles. The quantitative estimate of drug-likeness (QED) is 0.399. The molecule has 5 heteroatoms. The predicted octanol–water partition coefficient (Wildman–Crippen LogP) is 5.95. The fourth-order valence-corrected chi connectivity index (χ4v) is 4.81. The van der Waals surface area contributed by atoms with Crippen molar-refractivity contribution in [1.82, 2.24) is 9.55 Å². The lowest BCUT2D eigenvalue weighted by atomic mass is 9.95. The van der Waals surface area contributed by atoms with Crippen molar-refractivity contribution in [3.8, 4) is 22.9 Å². The highest BCUT2D eigenvalue weighted by atomic mass is 16.2. The smallest absolute Gasteiger partial charge is 0.226 e. The van der Waals surface area contributed by atoms with E-state index in [1.807, 2.05) is 60.4 Å². The third kappa shape index (κ3) is 3.58. The second-order valence-corrected chi connectivity index (χ2v) is 8.50. The molecule has 1 saturated heterocycles. The molecule has 0 spiro atoms. The molecule has 164 valence electrons. The number of hydrogen-bond acceptors (Lipinski definition) is 3. The van der Waals surface area contributed by atoms with Crippen LogP contribution in [0.2, 0.25) is 0 Å². The van der Waals surface area contributed by atoms with Gasteiger partial charge in [-0.15, -0.1) is 0 Å². The Kier molecular flexibility index (Phi) is 5.43. The summed E-state index contributed by atoms with van der Waals surface area (Å²) in [6.45, 7) is 4.85. The molecular formula is C28H26N4O. The van der Waals surface area contributed by atoms with Crippen LogP contribution in [0.3, 0.4) is 0 Å². The normalized spacial score (nSPS) is 14.0. The molecule has 2 heterocycles. The first-order valence-electron chi connectivity index (χ1n) is 11.5.